The van der Waals surface area contributed by atoms with E-state index in [4.69, 9.17) is 0 Å². The second-order valence-corrected chi connectivity index (χ2v) is 6.87. The fourth-order valence-corrected chi connectivity index (χ4v) is 3.86. The largest absolute Gasteiger partial charge is 0.333 e. The Morgan fingerprint density at radius 1 is 1.04 bits per heavy atom. The topological polar surface area (TPSA) is 36.4 Å². The summed E-state index contributed by atoms with van der Waals surface area (Å²) in [5, 5.41) is 1.17. The molecule has 1 amide bonds. The summed E-state index contributed by atoms with van der Waals surface area (Å²) < 4.78 is 0. The molecule has 132 valence electrons. The van der Waals surface area contributed by atoms with Crippen LogP contribution in [0.4, 0.5) is 0 Å². The number of benzene rings is 2. The molecule has 4 heteroatoms. The molecule has 0 aliphatic carbocycles. The predicted molar refractivity (Wildman–Crippen MR) is 104 cm³/mol. The minimum Gasteiger partial charge on any atom is -0.333 e. The van der Waals surface area contributed by atoms with Gasteiger partial charge >= 0.3 is 0 Å². The van der Waals surface area contributed by atoms with Crippen molar-refractivity contribution in [3.63, 3.8) is 0 Å². The Bertz CT molecular complexity index is 904. The van der Waals surface area contributed by atoms with Crippen molar-refractivity contribution in [2.24, 2.45) is 0 Å². The van der Waals surface area contributed by atoms with E-state index in [1.165, 1.54) is 16.5 Å². The number of aromatic nitrogens is 1. The van der Waals surface area contributed by atoms with Crippen molar-refractivity contribution < 1.29 is 4.79 Å². The van der Waals surface area contributed by atoms with Crippen molar-refractivity contribution in [2.45, 2.75) is 19.5 Å². The van der Waals surface area contributed by atoms with Crippen molar-refractivity contribution in [1.29, 1.82) is 0 Å². The van der Waals surface area contributed by atoms with Gasteiger partial charge in [0.05, 0.1) is 11.6 Å². The van der Waals surface area contributed by atoms with Gasteiger partial charge in [-0.3, -0.25) is 14.7 Å². The molecule has 4 nitrogen and oxygen atoms in total. The molecule has 3 aromatic rings. The molecule has 1 aliphatic heterocycles. The number of carbonyl (C=O) groups excluding carboxylic acids is 1. The highest BCUT2D eigenvalue weighted by molar-refractivity contribution is 5.81. The molecule has 0 spiro atoms. The molecule has 4 rings (SSSR count). The zero-order valence-electron chi connectivity index (χ0n) is 15.0. The van der Waals surface area contributed by atoms with Crippen LogP contribution in [0.25, 0.3) is 10.9 Å². The van der Waals surface area contributed by atoms with Crippen LogP contribution in [0.2, 0.25) is 0 Å². The Kier molecular flexibility index (Phi) is 4.67. The molecule has 2 heterocycles. The van der Waals surface area contributed by atoms with Crippen LogP contribution in [-0.2, 0) is 11.3 Å². The summed E-state index contributed by atoms with van der Waals surface area (Å²) in [5.74, 6) is 0.144. The quantitative estimate of drug-likeness (QED) is 0.727. The van der Waals surface area contributed by atoms with Crippen molar-refractivity contribution in [3.05, 3.63) is 78.0 Å². The molecule has 0 saturated carbocycles. The molecule has 1 atom stereocenters. The number of fused-ring (bicyclic) bond motifs is 1. The van der Waals surface area contributed by atoms with Crippen molar-refractivity contribution in [1.82, 2.24) is 14.8 Å². The van der Waals surface area contributed by atoms with E-state index in [1.807, 2.05) is 35.4 Å². The Balaban J connectivity index is 1.59. The maximum atomic E-state index is 12.1. The fourth-order valence-electron chi connectivity index (χ4n) is 3.86. The van der Waals surface area contributed by atoms with E-state index in [-0.39, 0.29) is 11.9 Å². The minimum absolute atomic E-state index is 0.102. The van der Waals surface area contributed by atoms with Crippen LogP contribution in [0.3, 0.4) is 0 Å². The molecular formula is C22H23N3O. The highest BCUT2D eigenvalue weighted by atomic mass is 16.2. The lowest BCUT2D eigenvalue weighted by atomic mass is 10.0. The van der Waals surface area contributed by atoms with Crippen LogP contribution >= 0.6 is 0 Å². The first-order valence-electron chi connectivity index (χ1n) is 9.09. The third-order valence-electron chi connectivity index (χ3n) is 5.16. The van der Waals surface area contributed by atoms with E-state index >= 15 is 0 Å². The number of pyridine rings is 1. The predicted octanol–water partition coefficient (Wildman–Crippen LogP) is 3.64. The summed E-state index contributed by atoms with van der Waals surface area (Å²) in [6, 6.07) is 20.9. The molecule has 1 aromatic heterocycles. The summed E-state index contributed by atoms with van der Waals surface area (Å²) in [4.78, 5) is 21.1. The summed E-state index contributed by atoms with van der Waals surface area (Å²) in [5.41, 5.74) is 3.51. The number of nitrogens with zero attached hydrogens (tertiary/aromatic N) is 3. The smallest absolute Gasteiger partial charge is 0.220 e. The first-order chi connectivity index (χ1) is 12.7. The molecule has 1 unspecified atom stereocenters. The summed E-state index contributed by atoms with van der Waals surface area (Å²) in [7, 11) is 0. The number of para-hydroxylation sites is 1. The van der Waals surface area contributed by atoms with E-state index in [2.05, 4.69) is 46.3 Å². The van der Waals surface area contributed by atoms with Crippen LogP contribution < -0.4 is 0 Å². The summed E-state index contributed by atoms with van der Waals surface area (Å²) in [6.07, 6.45) is 1.85. The van der Waals surface area contributed by atoms with E-state index in [1.54, 1.807) is 6.92 Å². The SMILES string of the molecule is CC(=O)N1CCN(Cc2cccc3cccnc23)CC1c1ccccc1. The third kappa shape index (κ3) is 3.33. The molecule has 1 fully saturated rings. The average Bonchev–Trinajstić information content (AvgIpc) is 2.69. The number of piperazine rings is 1. The van der Waals surface area contributed by atoms with E-state index in [0.717, 1.165) is 31.7 Å². The van der Waals surface area contributed by atoms with Gasteiger partial charge in [0.1, 0.15) is 0 Å². The number of carbonyl (C=O) groups is 1. The molecule has 1 saturated heterocycles. The number of rotatable bonds is 3. The number of hydrogen-bond acceptors (Lipinski definition) is 3. The first-order valence-corrected chi connectivity index (χ1v) is 9.09. The maximum Gasteiger partial charge on any atom is 0.220 e. The fraction of sp³-hybridized carbons (Fsp3) is 0.273. The van der Waals surface area contributed by atoms with Gasteiger partial charge in [-0.15, -0.1) is 0 Å². The summed E-state index contributed by atoms with van der Waals surface area (Å²) >= 11 is 0. The Morgan fingerprint density at radius 2 is 1.85 bits per heavy atom. The zero-order valence-corrected chi connectivity index (χ0v) is 15.0. The molecular weight excluding hydrogens is 322 g/mol. The number of amides is 1. The second kappa shape index (κ2) is 7.26. The van der Waals surface area contributed by atoms with E-state index in [0.29, 0.717) is 0 Å². The highest BCUT2D eigenvalue weighted by Gasteiger charge is 2.29. The monoisotopic (exact) mass is 345 g/mol. The Morgan fingerprint density at radius 3 is 2.65 bits per heavy atom. The standard InChI is InChI=1S/C22H23N3O/c1-17(26)25-14-13-24(16-21(25)18-7-3-2-4-8-18)15-20-10-5-9-19-11-6-12-23-22(19)20/h2-12,21H,13-16H2,1H3. The highest BCUT2D eigenvalue weighted by Crippen LogP contribution is 2.27. The Hall–Kier alpha value is -2.72. The van der Waals surface area contributed by atoms with Crippen LogP contribution in [0.15, 0.2) is 66.9 Å². The third-order valence-corrected chi connectivity index (χ3v) is 5.16. The first kappa shape index (κ1) is 16.7. The van der Waals surface area contributed by atoms with Gasteiger partial charge in [-0.2, -0.15) is 0 Å². The molecule has 0 N–H and O–H groups in total. The lowest BCUT2D eigenvalue weighted by Gasteiger charge is -2.41. The van der Waals surface area contributed by atoms with Gasteiger partial charge in [-0.05, 0) is 17.2 Å². The van der Waals surface area contributed by atoms with Gasteiger partial charge in [-0.25, -0.2) is 0 Å². The minimum atomic E-state index is 0.102. The van der Waals surface area contributed by atoms with Crippen molar-refractivity contribution >= 4 is 16.8 Å². The van der Waals surface area contributed by atoms with Gasteiger partial charge < -0.3 is 4.90 Å². The lowest BCUT2D eigenvalue weighted by Crippen LogP contribution is -2.49. The van der Waals surface area contributed by atoms with E-state index < -0.39 is 0 Å². The van der Waals surface area contributed by atoms with Gasteiger partial charge in [0.15, 0.2) is 0 Å². The van der Waals surface area contributed by atoms with Gasteiger partial charge in [-0.1, -0.05) is 54.6 Å². The number of hydrogen-bond donors (Lipinski definition) is 0. The average molecular weight is 345 g/mol. The molecule has 0 bridgehead atoms. The second-order valence-electron chi connectivity index (χ2n) is 6.87. The van der Waals surface area contributed by atoms with Crippen molar-refractivity contribution in [2.75, 3.05) is 19.6 Å². The normalized spacial score (nSPS) is 18.2. The van der Waals surface area contributed by atoms with Crippen molar-refractivity contribution in [3.8, 4) is 0 Å². The maximum absolute atomic E-state index is 12.1. The van der Waals surface area contributed by atoms with Crippen LogP contribution in [0, 0.1) is 0 Å². The molecule has 1 aliphatic rings. The van der Waals surface area contributed by atoms with Gasteiger partial charge in [0.25, 0.3) is 0 Å². The van der Waals surface area contributed by atoms with Crippen LogP contribution in [0.5, 0.6) is 0 Å². The van der Waals surface area contributed by atoms with Crippen LogP contribution in [0.1, 0.15) is 24.1 Å². The van der Waals surface area contributed by atoms with Gasteiger partial charge in [0, 0.05) is 44.7 Å². The van der Waals surface area contributed by atoms with E-state index in [9.17, 15) is 4.79 Å². The lowest BCUT2D eigenvalue weighted by molar-refractivity contribution is -0.134. The molecule has 26 heavy (non-hydrogen) atoms. The van der Waals surface area contributed by atoms with Gasteiger partial charge in [0.2, 0.25) is 5.91 Å². The Labute approximate surface area is 154 Å². The van der Waals surface area contributed by atoms with Crippen LogP contribution in [-0.4, -0.2) is 40.3 Å². The molecule has 2 aromatic carbocycles. The molecule has 0 radical (unpaired) electrons. The summed E-state index contributed by atoms with van der Waals surface area (Å²) in [6.45, 7) is 5.00. The zero-order chi connectivity index (χ0) is 17.9.